The van der Waals surface area contributed by atoms with E-state index in [0.29, 0.717) is 32.6 Å². The van der Waals surface area contributed by atoms with E-state index in [1.165, 1.54) is 0 Å². The number of amides is 1. The number of amidine groups is 1. The molecule has 0 unspecified atom stereocenters. The van der Waals surface area contributed by atoms with E-state index in [1.54, 1.807) is 0 Å². The minimum absolute atomic E-state index is 0.0150. The third-order valence-electron chi connectivity index (χ3n) is 3.44. The van der Waals surface area contributed by atoms with Crippen molar-refractivity contribution in [2.75, 3.05) is 19.8 Å². The van der Waals surface area contributed by atoms with Gasteiger partial charge in [-0.3, -0.25) is 4.79 Å². The van der Waals surface area contributed by atoms with Gasteiger partial charge in [-0.2, -0.15) is 0 Å². The molecule has 4 N–H and O–H groups in total. The number of nitrogens with two attached hydrogens (primary N) is 1. The van der Waals surface area contributed by atoms with Gasteiger partial charge >= 0.3 is 0 Å². The molecule has 0 bridgehead atoms. The van der Waals surface area contributed by atoms with Crippen molar-refractivity contribution in [3.05, 3.63) is 0 Å². The highest BCUT2D eigenvalue weighted by Crippen LogP contribution is 2.31. The molecule has 1 amide bonds. The van der Waals surface area contributed by atoms with Crippen LogP contribution in [0.25, 0.3) is 0 Å². The molecule has 0 atom stereocenters. The molecular weight excluding hydrogens is 234 g/mol. The van der Waals surface area contributed by atoms with Crippen LogP contribution in [0.2, 0.25) is 0 Å². The molecule has 104 valence electrons. The predicted molar refractivity (Wildman–Crippen MR) is 68.4 cm³/mol. The van der Waals surface area contributed by atoms with Gasteiger partial charge in [0.15, 0.2) is 5.84 Å². The maximum atomic E-state index is 12.2. The average Bonchev–Trinajstić information content (AvgIpc) is 2.43. The number of hydrogen-bond acceptors (Lipinski definition) is 4. The molecule has 0 aliphatic carbocycles. The fourth-order valence-corrected chi connectivity index (χ4v) is 2.16. The number of carbonyl (C=O) groups excluding carboxylic acids is 1. The number of ether oxygens (including phenoxy) is 1. The number of nitrogens with one attached hydrogen (secondary N) is 1. The molecule has 6 nitrogen and oxygen atoms in total. The number of carbonyl (C=O) groups is 1. The Morgan fingerprint density at radius 3 is 2.67 bits per heavy atom. The molecule has 1 aliphatic heterocycles. The van der Waals surface area contributed by atoms with E-state index in [4.69, 9.17) is 15.7 Å². The molecule has 0 saturated carbocycles. The Hall–Kier alpha value is -1.30. The molecule has 1 fully saturated rings. The number of rotatable bonds is 6. The average molecular weight is 257 g/mol. The van der Waals surface area contributed by atoms with Gasteiger partial charge in [-0.15, -0.1) is 0 Å². The molecule has 0 aromatic heterocycles. The second-order valence-corrected chi connectivity index (χ2v) is 4.64. The van der Waals surface area contributed by atoms with Crippen LogP contribution >= 0.6 is 0 Å². The molecule has 0 aromatic rings. The smallest absolute Gasteiger partial charge is 0.234 e. The van der Waals surface area contributed by atoms with Crippen molar-refractivity contribution in [1.29, 1.82) is 0 Å². The molecule has 0 radical (unpaired) electrons. The van der Waals surface area contributed by atoms with Gasteiger partial charge < -0.3 is 21.0 Å². The number of unbranched alkanes of at least 4 members (excludes halogenated alkanes) is 2. The van der Waals surface area contributed by atoms with Crippen molar-refractivity contribution in [3.8, 4) is 0 Å². The minimum Gasteiger partial charge on any atom is -0.409 e. The van der Waals surface area contributed by atoms with Crippen LogP contribution in [0.1, 0.15) is 39.0 Å². The third kappa shape index (κ3) is 3.35. The molecule has 1 aliphatic rings. The largest absolute Gasteiger partial charge is 0.409 e. The van der Waals surface area contributed by atoms with Crippen LogP contribution in [0.15, 0.2) is 5.16 Å². The fourth-order valence-electron chi connectivity index (χ4n) is 2.16. The summed E-state index contributed by atoms with van der Waals surface area (Å²) in [5.41, 5.74) is 4.79. The number of hydrogen-bond donors (Lipinski definition) is 3. The second kappa shape index (κ2) is 7.20. The summed E-state index contributed by atoms with van der Waals surface area (Å²) in [6.45, 7) is 3.66. The highest BCUT2D eigenvalue weighted by Gasteiger charge is 2.44. The first-order valence-corrected chi connectivity index (χ1v) is 6.51. The number of oxime groups is 1. The van der Waals surface area contributed by atoms with Crippen LogP contribution in [0, 0.1) is 5.41 Å². The first kappa shape index (κ1) is 14.8. The van der Waals surface area contributed by atoms with E-state index < -0.39 is 5.41 Å². The zero-order chi connectivity index (χ0) is 13.4. The van der Waals surface area contributed by atoms with Gasteiger partial charge in [-0.05, 0) is 19.3 Å². The molecule has 1 rings (SSSR count). The molecule has 0 spiro atoms. The Kier molecular flexibility index (Phi) is 5.91. The Balaban J connectivity index is 2.62. The summed E-state index contributed by atoms with van der Waals surface area (Å²) in [7, 11) is 0. The van der Waals surface area contributed by atoms with Crippen LogP contribution in [0.5, 0.6) is 0 Å². The summed E-state index contributed by atoms with van der Waals surface area (Å²) in [6, 6.07) is 0. The Bertz CT molecular complexity index is 299. The van der Waals surface area contributed by atoms with Gasteiger partial charge in [0.25, 0.3) is 0 Å². The van der Waals surface area contributed by atoms with Crippen molar-refractivity contribution < 1.29 is 14.7 Å². The molecule has 18 heavy (non-hydrogen) atoms. The van der Waals surface area contributed by atoms with Crippen molar-refractivity contribution in [2.45, 2.75) is 39.0 Å². The van der Waals surface area contributed by atoms with Crippen molar-refractivity contribution in [1.82, 2.24) is 5.32 Å². The predicted octanol–water partition coefficient (Wildman–Crippen LogP) is 0.836. The van der Waals surface area contributed by atoms with Gasteiger partial charge in [0.05, 0.1) is 0 Å². The highest BCUT2D eigenvalue weighted by atomic mass is 16.5. The van der Waals surface area contributed by atoms with Crippen LogP contribution in [0.4, 0.5) is 0 Å². The van der Waals surface area contributed by atoms with Gasteiger partial charge in [-0.25, -0.2) is 0 Å². The normalized spacial score (nSPS) is 19.5. The maximum absolute atomic E-state index is 12.2. The summed E-state index contributed by atoms with van der Waals surface area (Å²) in [5.74, 6) is -0.170. The SMILES string of the molecule is CCCCCNC(=O)C1(C(N)=NO)CCOCC1. The zero-order valence-electron chi connectivity index (χ0n) is 10.9. The second-order valence-electron chi connectivity index (χ2n) is 4.64. The summed E-state index contributed by atoms with van der Waals surface area (Å²) in [5, 5.41) is 14.8. The lowest BCUT2D eigenvalue weighted by atomic mass is 9.78. The first-order chi connectivity index (χ1) is 8.67. The zero-order valence-corrected chi connectivity index (χ0v) is 10.9. The Morgan fingerprint density at radius 2 is 2.11 bits per heavy atom. The van der Waals surface area contributed by atoms with Crippen molar-refractivity contribution >= 4 is 11.7 Å². The summed E-state index contributed by atoms with van der Waals surface area (Å²) >= 11 is 0. The minimum atomic E-state index is -0.904. The maximum Gasteiger partial charge on any atom is 0.234 e. The molecule has 1 heterocycles. The van der Waals surface area contributed by atoms with Gasteiger partial charge in [0.1, 0.15) is 5.41 Å². The molecule has 1 saturated heterocycles. The van der Waals surface area contributed by atoms with Crippen molar-refractivity contribution in [2.24, 2.45) is 16.3 Å². The fraction of sp³-hybridized carbons (Fsp3) is 0.833. The quantitative estimate of drug-likeness (QED) is 0.216. The molecular formula is C12H23N3O3. The number of nitrogens with zero attached hydrogens (tertiary/aromatic N) is 1. The van der Waals surface area contributed by atoms with Crippen LogP contribution in [-0.4, -0.2) is 36.7 Å². The van der Waals surface area contributed by atoms with Crippen LogP contribution in [0.3, 0.4) is 0 Å². The van der Waals surface area contributed by atoms with E-state index in [9.17, 15) is 4.79 Å². The molecule has 0 aromatic carbocycles. The monoisotopic (exact) mass is 257 g/mol. The summed E-state index contributed by atoms with van der Waals surface area (Å²) in [4.78, 5) is 12.2. The van der Waals surface area contributed by atoms with E-state index in [0.717, 1.165) is 19.3 Å². The van der Waals surface area contributed by atoms with Gasteiger partial charge in [0, 0.05) is 19.8 Å². The Labute approximate surface area is 108 Å². The van der Waals surface area contributed by atoms with E-state index in [2.05, 4.69) is 17.4 Å². The van der Waals surface area contributed by atoms with Crippen LogP contribution in [-0.2, 0) is 9.53 Å². The van der Waals surface area contributed by atoms with E-state index in [-0.39, 0.29) is 11.7 Å². The van der Waals surface area contributed by atoms with Gasteiger partial charge in [0.2, 0.25) is 5.91 Å². The highest BCUT2D eigenvalue weighted by molar-refractivity contribution is 6.06. The van der Waals surface area contributed by atoms with E-state index >= 15 is 0 Å². The topological polar surface area (TPSA) is 96.9 Å². The molecule has 6 heteroatoms. The lowest BCUT2D eigenvalue weighted by molar-refractivity contribution is -0.131. The van der Waals surface area contributed by atoms with Crippen LogP contribution < -0.4 is 11.1 Å². The lowest BCUT2D eigenvalue weighted by Crippen LogP contribution is -2.52. The summed E-state index contributed by atoms with van der Waals surface area (Å²) < 4.78 is 5.24. The standard InChI is InChI=1S/C12H23N3O3/c1-2-3-4-7-14-11(16)12(10(13)15-17)5-8-18-9-6-12/h17H,2-9H2,1H3,(H2,13,15)(H,14,16). The lowest BCUT2D eigenvalue weighted by Gasteiger charge is -2.34. The van der Waals surface area contributed by atoms with Crippen molar-refractivity contribution in [3.63, 3.8) is 0 Å². The van der Waals surface area contributed by atoms with E-state index in [1.807, 2.05) is 0 Å². The van der Waals surface area contributed by atoms with Gasteiger partial charge in [-0.1, -0.05) is 24.9 Å². The Morgan fingerprint density at radius 1 is 1.44 bits per heavy atom. The summed E-state index contributed by atoms with van der Waals surface area (Å²) in [6.07, 6.45) is 4.06. The third-order valence-corrected chi connectivity index (χ3v) is 3.44. The first-order valence-electron chi connectivity index (χ1n) is 6.51.